The van der Waals surface area contributed by atoms with E-state index in [1.165, 1.54) is 11.0 Å². The van der Waals surface area contributed by atoms with Crippen molar-refractivity contribution in [2.24, 2.45) is 0 Å². The highest BCUT2D eigenvalue weighted by molar-refractivity contribution is 7.99. The zero-order chi connectivity index (χ0) is 31.0. The van der Waals surface area contributed by atoms with Crippen molar-refractivity contribution < 1.29 is 18.0 Å². The van der Waals surface area contributed by atoms with E-state index in [0.717, 1.165) is 57.7 Å². The van der Waals surface area contributed by atoms with Crippen molar-refractivity contribution >= 4 is 40.3 Å². The van der Waals surface area contributed by atoms with Crippen molar-refractivity contribution in [1.82, 2.24) is 9.80 Å². The molecule has 1 saturated heterocycles. The highest BCUT2D eigenvalue weighted by Gasteiger charge is 2.34. The lowest BCUT2D eigenvalue weighted by Gasteiger charge is -2.33. The standard InChI is InChI=1S/C35H33F3N4OS/c1-22-18-25(9-12-28(22)23(2)24-10-13-33-31(19-24)40-30-6-4-5-7-32(30)44-33)34(43)39-27-11-8-26(29(20-27)35(36,37)38)21-42-16-14-41(3)15-17-42/h4-13,18-20,40H,2,14-17,21H2,1,3H3,(H,39,43). The number of benzene rings is 4. The van der Waals surface area contributed by atoms with Gasteiger partial charge in [-0.3, -0.25) is 9.69 Å². The highest BCUT2D eigenvalue weighted by atomic mass is 32.2. The van der Waals surface area contributed by atoms with Gasteiger partial charge in [-0.15, -0.1) is 0 Å². The number of rotatable bonds is 6. The summed E-state index contributed by atoms with van der Waals surface area (Å²) >= 11 is 1.72. The minimum atomic E-state index is -4.53. The van der Waals surface area contributed by atoms with E-state index in [-0.39, 0.29) is 17.8 Å². The first-order chi connectivity index (χ1) is 21.0. The minimum Gasteiger partial charge on any atom is -0.354 e. The second-order valence-corrected chi connectivity index (χ2v) is 12.4. The van der Waals surface area contributed by atoms with Crippen LogP contribution < -0.4 is 10.6 Å². The molecule has 5 nitrogen and oxygen atoms in total. The number of fused-ring (bicyclic) bond motifs is 2. The molecular formula is C35H33F3N4OS. The van der Waals surface area contributed by atoms with Gasteiger partial charge in [0.1, 0.15) is 0 Å². The van der Waals surface area contributed by atoms with Crippen LogP contribution in [0.1, 0.15) is 38.2 Å². The molecule has 2 aliphatic heterocycles. The summed E-state index contributed by atoms with van der Waals surface area (Å²) < 4.78 is 42.1. The van der Waals surface area contributed by atoms with E-state index in [0.29, 0.717) is 18.7 Å². The molecule has 4 aromatic carbocycles. The molecule has 0 spiro atoms. The van der Waals surface area contributed by atoms with Crippen LogP contribution in [0.5, 0.6) is 0 Å². The van der Waals surface area contributed by atoms with E-state index in [1.54, 1.807) is 30.0 Å². The quantitative estimate of drug-likeness (QED) is 0.202. The third kappa shape index (κ3) is 6.40. The van der Waals surface area contributed by atoms with Gasteiger partial charge < -0.3 is 15.5 Å². The summed E-state index contributed by atoms with van der Waals surface area (Å²) in [6.45, 7) is 9.51. The maximum absolute atomic E-state index is 14.0. The van der Waals surface area contributed by atoms with Crippen molar-refractivity contribution in [3.63, 3.8) is 0 Å². The van der Waals surface area contributed by atoms with Crippen molar-refractivity contribution in [3.8, 4) is 0 Å². The molecule has 0 aromatic heterocycles. The Morgan fingerprint density at radius 2 is 1.64 bits per heavy atom. The van der Waals surface area contributed by atoms with Crippen LogP contribution in [0, 0.1) is 6.92 Å². The number of hydrogen-bond acceptors (Lipinski definition) is 5. The second kappa shape index (κ2) is 12.1. The molecule has 9 heteroatoms. The average molecular weight is 615 g/mol. The van der Waals surface area contributed by atoms with Gasteiger partial charge in [0, 0.05) is 53.8 Å². The van der Waals surface area contributed by atoms with E-state index in [9.17, 15) is 18.0 Å². The third-order valence-corrected chi connectivity index (χ3v) is 9.33. The number of piperazine rings is 1. The zero-order valence-electron chi connectivity index (χ0n) is 24.6. The highest BCUT2D eigenvalue weighted by Crippen LogP contribution is 2.45. The van der Waals surface area contributed by atoms with Gasteiger partial charge in [0.25, 0.3) is 5.91 Å². The van der Waals surface area contributed by atoms with Crippen LogP contribution in [0.2, 0.25) is 0 Å². The van der Waals surface area contributed by atoms with Gasteiger partial charge in [-0.25, -0.2) is 0 Å². The van der Waals surface area contributed by atoms with Gasteiger partial charge in [0.05, 0.1) is 16.9 Å². The van der Waals surface area contributed by atoms with Crippen LogP contribution in [0.15, 0.2) is 95.2 Å². The number of anilines is 3. The van der Waals surface area contributed by atoms with Gasteiger partial charge >= 0.3 is 6.18 Å². The number of carbonyl (C=O) groups is 1. The summed E-state index contributed by atoms with van der Waals surface area (Å²) in [5, 5.41) is 6.16. The van der Waals surface area contributed by atoms with Crippen LogP contribution >= 0.6 is 11.8 Å². The maximum Gasteiger partial charge on any atom is 0.416 e. The summed E-state index contributed by atoms with van der Waals surface area (Å²) in [6.07, 6.45) is -4.53. The molecule has 44 heavy (non-hydrogen) atoms. The number of halogens is 3. The lowest BCUT2D eigenvalue weighted by Crippen LogP contribution is -2.44. The van der Waals surface area contributed by atoms with E-state index >= 15 is 0 Å². The average Bonchev–Trinajstić information content (AvgIpc) is 3.00. The molecule has 0 aliphatic carbocycles. The fourth-order valence-corrected chi connectivity index (χ4v) is 6.60. The number of amides is 1. The van der Waals surface area contributed by atoms with Gasteiger partial charge in [-0.2, -0.15) is 13.2 Å². The van der Waals surface area contributed by atoms with E-state index in [1.807, 2.05) is 49.2 Å². The summed E-state index contributed by atoms with van der Waals surface area (Å²) in [5.41, 5.74) is 5.51. The van der Waals surface area contributed by atoms with E-state index in [4.69, 9.17) is 0 Å². The van der Waals surface area contributed by atoms with E-state index < -0.39 is 17.6 Å². The SMILES string of the molecule is C=C(c1ccc2c(c1)Nc1ccccc1S2)c1ccc(C(=O)Nc2ccc(CN3CCN(C)CC3)c(C(F)(F)F)c2)cc1C. The molecule has 1 amide bonds. The fraction of sp³-hybridized carbons (Fsp3) is 0.229. The normalized spacial score (nSPS) is 15.2. The predicted molar refractivity (Wildman–Crippen MR) is 172 cm³/mol. The van der Waals surface area contributed by atoms with Gasteiger partial charge in [-0.1, -0.05) is 48.7 Å². The number of likely N-dealkylation sites (N-methyl/N-ethyl adjacent to an activating group) is 1. The molecule has 0 radical (unpaired) electrons. The van der Waals surface area contributed by atoms with Gasteiger partial charge in [0.2, 0.25) is 0 Å². The maximum atomic E-state index is 14.0. The number of nitrogens with one attached hydrogen (secondary N) is 2. The molecule has 2 aliphatic rings. The molecule has 0 unspecified atom stereocenters. The lowest BCUT2D eigenvalue weighted by molar-refractivity contribution is -0.138. The van der Waals surface area contributed by atoms with Crippen molar-refractivity contribution in [1.29, 1.82) is 0 Å². The monoisotopic (exact) mass is 614 g/mol. The van der Waals surface area contributed by atoms with Crippen molar-refractivity contribution in [3.05, 3.63) is 119 Å². The molecule has 4 aromatic rings. The first kappa shape index (κ1) is 30.0. The second-order valence-electron chi connectivity index (χ2n) is 11.3. The minimum absolute atomic E-state index is 0.108. The number of hydrogen-bond donors (Lipinski definition) is 2. The predicted octanol–water partition coefficient (Wildman–Crippen LogP) is 8.28. The zero-order valence-corrected chi connectivity index (χ0v) is 25.4. The summed E-state index contributed by atoms with van der Waals surface area (Å²) in [7, 11) is 2.01. The van der Waals surface area contributed by atoms with Crippen LogP contribution in [0.4, 0.5) is 30.2 Å². The van der Waals surface area contributed by atoms with Crippen LogP contribution in [-0.4, -0.2) is 48.9 Å². The van der Waals surface area contributed by atoms with Crippen LogP contribution in [0.25, 0.3) is 5.57 Å². The Hall–Kier alpha value is -4.05. The van der Waals surface area contributed by atoms with Crippen molar-refractivity contribution in [2.75, 3.05) is 43.9 Å². The first-order valence-corrected chi connectivity index (χ1v) is 15.3. The molecule has 2 heterocycles. The Bertz CT molecular complexity index is 1740. The molecule has 6 rings (SSSR count). The topological polar surface area (TPSA) is 47.6 Å². The summed E-state index contributed by atoms with van der Waals surface area (Å²) in [5.74, 6) is -0.473. The van der Waals surface area contributed by atoms with Crippen LogP contribution in [-0.2, 0) is 12.7 Å². The molecule has 2 N–H and O–H groups in total. The fourth-order valence-electron chi connectivity index (χ4n) is 5.63. The lowest BCUT2D eigenvalue weighted by atomic mass is 9.94. The van der Waals surface area contributed by atoms with Gasteiger partial charge in [-0.05, 0) is 90.3 Å². The molecule has 0 saturated carbocycles. The largest absolute Gasteiger partial charge is 0.416 e. The third-order valence-electron chi connectivity index (χ3n) is 8.18. The Balaban J connectivity index is 1.16. The van der Waals surface area contributed by atoms with E-state index in [2.05, 4.69) is 40.3 Å². The summed E-state index contributed by atoms with van der Waals surface area (Å²) in [6, 6.07) is 23.7. The summed E-state index contributed by atoms with van der Waals surface area (Å²) in [4.78, 5) is 19.6. The number of para-hydroxylation sites is 1. The Kier molecular flexibility index (Phi) is 8.28. The molecule has 0 atom stereocenters. The van der Waals surface area contributed by atoms with Crippen LogP contribution in [0.3, 0.4) is 0 Å². The molecule has 0 bridgehead atoms. The number of alkyl halides is 3. The van der Waals surface area contributed by atoms with Crippen molar-refractivity contribution in [2.45, 2.75) is 29.4 Å². The molecule has 226 valence electrons. The Morgan fingerprint density at radius 1 is 0.909 bits per heavy atom. The number of carbonyl (C=O) groups excluding carboxylic acids is 1. The number of aryl methyl sites for hydroxylation is 1. The van der Waals surface area contributed by atoms with Gasteiger partial charge in [0.15, 0.2) is 0 Å². The Labute approximate surface area is 259 Å². The first-order valence-electron chi connectivity index (χ1n) is 14.5. The Morgan fingerprint density at radius 3 is 2.39 bits per heavy atom. The molecule has 1 fully saturated rings. The number of nitrogens with zero attached hydrogens (tertiary/aromatic N) is 2. The molecular weight excluding hydrogens is 581 g/mol. The smallest absolute Gasteiger partial charge is 0.354 e.